The van der Waals surface area contributed by atoms with Gasteiger partial charge in [0.05, 0.1) is 6.61 Å². The number of aliphatic hydroxyl groups excluding tert-OH is 1. The van der Waals surface area contributed by atoms with E-state index < -0.39 is 0 Å². The van der Waals surface area contributed by atoms with Gasteiger partial charge in [-0.1, -0.05) is 24.3 Å². The van der Waals surface area contributed by atoms with Gasteiger partial charge < -0.3 is 9.84 Å². The molecule has 24 heavy (non-hydrogen) atoms. The topological polar surface area (TPSA) is 29.5 Å². The number of benzene rings is 3. The molecule has 0 radical (unpaired) electrons. The standard InChI is InChI=1S/C20H17O2S2/c21-13-14-23-15-9-11-16(12-10-15)24-19-7-3-1-5-17(19)22-18-6-2-4-8-20(18)24/h1-12,21H,13-14H2/q+1. The van der Waals surface area contributed by atoms with Crippen molar-refractivity contribution in [1.29, 1.82) is 0 Å². The van der Waals surface area contributed by atoms with Gasteiger partial charge in [-0.3, -0.25) is 0 Å². The van der Waals surface area contributed by atoms with Crippen molar-refractivity contribution in [2.45, 2.75) is 19.6 Å². The molecule has 0 aromatic heterocycles. The zero-order valence-corrected chi connectivity index (χ0v) is 14.6. The van der Waals surface area contributed by atoms with Crippen LogP contribution in [0.4, 0.5) is 0 Å². The van der Waals surface area contributed by atoms with Gasteiger partial charge in [-0.15, -0.1) is 11.8 Å². The Morgan fingerprint density at radius 2 is 1.38 bits per heavy atom. The molecule has 0 atom stereocenters. The van der Waals surface area contributed by atoms with Gasteiger partial charge in [0, 0.05) is 10.6 Å². The van der Waals surface area contributed by atoms with Crippen molar-refractivity contribution in [3.63, 3.8) is 0 Å². The van der Waals surface area contributed by atoms with Crippen LogP contribution >= 0.6 is 11.8 Å². The molecule has 0 bridgehead atoms. The number of aliphatic hydroxyl groups is 1. The Labute approximate surface area is 148 Å². The van der Waals surface area contributed by atoms with E-state index in [1.54, 1.807) is 11.8 Å². The van der Waals surface area contributed by atoms with E-state index in [1.165, 1.54) is 19.6 Å². The van der Waals surface area contributed by atoms with E-state index >= 15 is 0 Å². The van der Waals surface area contributed by atoms with Crippen LogP contribution in [0.1, 0.15) is 0 Å². The third-order valence-corrected chi connectivity index (χ3v) is 7.07. The molecule has 0 saturated carbocycles. The highest BCUT2D eigenvalue weighted by molar-refractivity contribution is 7.99. The largest absolute Gasteiger partial charge is 0.447 e. The van der Waals surface area contributed by atoms with Crippen LogP contribution in [0.2, 0.25) is 0 Å². The van der Waals surface area contributed by atoms with Gasteiger partial charge in [0.25, 0.3) is 0 Å². The third kappa shape index (κ3) is 2.93. The first kappa shape index (κ1) is 15.6. The highest BCUT2D eigenvalue weighted by Crippen LogP contribution is 2.46. The number of para-hydroxylation sites is 2. The van der Waals surface area contributed by atoms with Crippen molar-refractivity contribution in [2.75, 3.05) is 12.4 Å². The monoisotopic (exact) mass is 353 g/mol. The lowest BCUT2D eigenvalue weighted by atomic mass is 10.3. The summed E-state index contributed by atoms with van der Waals surface area (Å²) in [6.45, 7) is 0.203. The molecule has 3 aromatic carbocycles. The maximum absolute atomic E-state index is 8.97. The van der Waals surface area contributed by atoms with Gasteiger partial charge in [0.1, 0.15) is 10.9 Å². The van der Waals surface area contributed by atoms with Gasteiger partial charge in [0.15, 0.2) is 16.4 Å². The Morgan fingerprint density at radius 1 is 0.792 bits per heavy atom. The van der Waals surface area contributed by atoms with E-state index in [2.05, 4.69) is 48.5 Å². The second-order valence-corrected chi connectivity index (χ2v) is 8.48. The zero-order valence-electron chi connectivity index (χ0n) is 13.0. The second-order valence-electron chi connectivity index (χ2n) is 5.35. The average molecular weight is 353 g/mol. The maximum atomic E-state index is 8.97. The molecule has 0 spiro atoms. The fourth-order valence-corrected chi connectivity index (χ4v) is 5.59. The first-order chi connectivity index (χ1) is 11.9. The van der Waals surface area contributed by atoms with Crippen molar-refractivity contribution in [1.82, 2.24) is 0 Å². The summed E-state index contributed by atoms with van der Waals surface area (Å²) in [4.78, 5) is 4.93. The SMILES string of the molecule is OCCSc1ccc([S+]2c3ccccc3Oc3ccccc32)cc1. The van der Waals surface area contributed by atoms with Gasteiger partial charge >= 0.3 is 0 Å². The lowest BCUT2D eigenvalue weighted by Gasteiger charge is -2.19. The number of hydrogen-bond acceptors (Lipinski definition) is 3. The Balaban J connectivity index is 1.77. The van der Waals surface area contributed by atoms with Gasteiger partial charge in [-0.2, -0.15) is 0 Å². The fourth-order valence-electron chi connectivity index (χ4n) is 2.73. The summed E-state index contributed by atoms with van der Waals surface area (Å²) in [6, 6.07) is 25.2. The van der Waals surface area contributed by atoms with E-state index in [4.69, 9.17) is 9.84 Å². The number of thioether (sulfide) groups is 1. The quantitative estimate of drug-likeness (QED) is 0.415. The molecule has 0 amide bonds. The van der Waals surface area contributed by atoms with Gasteiger partial charge in [0.2, 0.25) is 9.79 Å². The molecular formula is C20H17O2S2+. The van der Waals surface area contributed by atoms with Crippen LogP contribution in [0, 0.1) is 0 Å². The number of rotatable bonds is 4. The van der Waals surface area contributed by atoms with Gasteiger partial charge in [-0.25, -0.2) is 0 Å². The second kappa shape index (κ2) is 6.93. The zero-order chi connectivity index (χ0) is 16.4. The van der Waals surface area contributed by atoms with Crippen LogP contribution in [0.25, 0.3) is 0 Å². The minimum atomic E-state index is -0.156. The lowest BCUT2D eigenvalue weighted by Crippen LogP contribution is -2.12. The number of hydrogen-bond donors (Lipinski definition) is 1. The van der Waals surface area contributed by atoms with E-state index in [9.17, 15) is 0 Å². The highest BCUT2D eigenvalue weighted by Gasteiger charge is 2.38. The first-order valence-corrected chi connectivity index (χ1v) is 10.0. The predicted octanol–water partition coefficient (Wildman–Crippen LogP) is 4.97. The van der Waals surface area contributed by atoms with Crippen LogP contribution in [-0.2, 0) is 10.9 Å². The molecule has 0 unspecified atom stereocenters. The fraction of sp³-hybridized carbons (Fsp3) is 0.100. The van der Waals surface area contributed by atoms with Crippen LogP contribution < -0.4 is 4.74 Å². The van der Waals surface area contributed by atoms with Crippen molar-refractivity contribution in [3.05, 3.63) is 72.8 Å². The summed E-state index contributed by atoms with van der Waals surface area (Å²) in [5, 5.41) is 8.97. The van der Waals surface area contributed by atoms with E-state index in [0.29, 0.717) is 0 Å². The van der Waals surface area contributed by atoms with Crippen LogP contribution in [0.5, 0.6) is 11.5 Å². The maximum Gasteiger partial charge on any atom is 0.209 e. The average Bonchev–Trinajstić information content (AvgIpc) is 2.65. The lowest BCUT2D eigenvalue weighted by molar-refractivity contribution is 0.322. The van der Waals surface area contributed by atoms with Gasteiger partial charge in [-0.05, 0) is 48.5 Å². The summed E-state index contributed by atoms with van der Waals surface area (Å²) in [5.41, 5.74) is 0. The Hall–Kier alpha value is -1.88. The molecule has 3 aromatic rings. The molecule has 0 saturated heterocycles. The minimum absolute atomic E-state index is 0.156. The summed E-state index contributed by atoms with van der Waals surface area (Å²) >= 11 is 1.68. The molecule has 1 aliphatic heterocycles. The summed E-state index contributed by atoms with van der Waals surface area (Å²) in [5.74, 6) is 2.61. The van der Waals surface area contributed by atoms with Crippen molar-refractivity contribution in [3.8, 4) is 11.5 Å². The van der Waals surface area contributed by atoms with Crippen LogP contribution in [-0.4, -0.2) is 17.5 Å². The molecule has 4 heteroatoms. The number of ether oxygens (including phenoxy) is 1. The third-order valence-electron chi connectivity index (χ3n) is 3.78. The Morgan fingerprint density at radius 3 is 1.96 bits per heavy atom. The first-order valence-electron chi connectivity index (χ1n) is 7.81. The molecule has 4 rings (SSSR count). The normalized spacial score (nSPS) is 13.0. The molecular weight excluding hydrogens is 336 g/mol. The molecule has 0 fully saturated rings. The van der Waals surface area contributed by atoms with Crippen molar-refractivity contribution < 1.29 is 9.84 Å². The summed E-state index contributed by atoms with van der Waals surface area (Å²) in [7, 11) is -0.156. The highest BCUT2D eigenvalue weighted by atomic mass is 32.2. The molecule has 1 heterocycles. The Bertz CT molecular complexity index is 801. The number of fused-ring (bicyclic) bond motifs is 2. The van der Waals surface area contributed by atoms with E-state index in [0.717, 1.165) is 17.3 Å². The molecule has 1 aliphatic rings. The van der Waals surface area contributed by atoms with Crippen LogP contribution in [0.15, 0.2) is 92.4 Å². The smallest absolute Gasteiger partial charge is 0.209 e. The van der Waals surface area contributed by atoms with E-state index in [-0.39, 0.29) is 17.5 Å². The summed E-state index contributed by atoms with van der Waals surface area (Å²) < 4.78 is 6.08. The van der Waals surface area contributed by atoms with Crippen molar-refractivity contribution in [2.24, 2.45) is 0 Å². The molecule has 120 valence electrons. The molecule has 0 aliphatic carbocycles. The summed E-state index contributed by atoms with van der Waals surface area (Å²) in [6.07, 6.45) is 0. The molecule has 1 N–H and O–H groups in total. The van der Waals surface area contributed by atoms with E-state index in [1.807, 2.05) is 24.3 Å². The minimum Gasteiger partial charge on any atom is -0.447 e. The Kier molecular flexibility index (Phi) is 4.52. The molecule has 2 nitrogen and oxygen atoms in total. The predicted molar refractivity (Wildman–Crippen MR) is 99.4 cm³/mol. The van der Waals surface area contributed by atoms with Crippen LogP contribution in [0.3, 0.4) is 0 Å². The van der Waals surface area contributed by atoms with Crippen molar-refractivity contribution >= 4 is 22.7 Å².